The van der Waals surface area contributed by atoms with Gasteiger partial charge in [-0.15, -0.1) is 0 Å². The Morgan fingerprint density at radius 3 is 2.40 bits per heavy atom. The second-order valence-electron chi connectivity index (χ2n) is 5.88. The van der Waals surface area contributed by atoms with E-state index in [0.717, 1.165) is 22.4 Å². The zero-order valence-corrected chi connectivity index (χ0v) is 14.4. The minimum Gasteiger partial charge on any atom is -0.497 e. The van der Waals surface area contributed by atoms with Gasteiger partial charge in [0.25, 0.3) is 5.91 Å². The molecule has 126 valence electrons. The van der Waals surface area contributed by atoms with Crippen molar-refractivity contribution in [3.63, 3.8) is 0 Å². The van der Waals surface area contributed by atoms with Gasteiger partial charge >= 0.3 is 0 Å². The molecule has 0 aliphatic heterocycles. The first-order valence-corrected chi connectivity index (χ1v) is 8.28. The highest BCUT2D eigenvalue weighted by Crippen LogP contribution is 2.25. The molecule has 3 heteroatoms. The summed E-state index contributed by atoms with van der Waals surface area (Å²) in [6, 6.07) is 25.2. The van der Waals surface area contributed by atoms with Crippen molar-refractivity contribution in [3.05, 3.63) is 90.0 Å². The Hall–Kier alpha value is -3.07. The van der Waals surface area contributed by atoms with Crippen LogP contribution in [0.5, 0.6) is 5.75 Å². The Labute approximate surface area is 148 Å². The van der Waals surface area contributed by atoms with Crippen LogP contribution in [0.1, 0.15) is 28.9 Å². The maximum Gasteiger partial charge on any atom is 0.252 e. The van der Waals surface area contributed by atoms with Crippen LogP contribution in [0.3, 0.4) is 0 Å². The molecule has 1 atom stereocenters. The van der Waals surface area contributed by atoms with Crippen molar-refractivity contribution in [3.8, 4) is 16.9 Å². The molecule has 0 aromatic heterocycles. The van der Waals surface area contributed by atoms with Crippen LogP contribution in [0.15, 0.2) is 78.9 Å². The molecule has 0 aliphatic carbocycles. The zero-order chi connectivity index (χ0) is 17.6. The molecule has 1 amide bonds. The summed E-state index contributed by atoms with van der Waals surface area (Å²) in [5.74, 6) is 0.693. The molecule has 1 unspecified atom stereocenters. The first-order chi connectivity index (χ1) is 12.2. The normalized spacial score (nSPS) is 11.6. The summed E-state index contributed by atoms with van der Waals surface area (Å²) < 4.78 is 5.26. The molecule has 0 saturated carbocycles. The van der Waals surface area contributed by atoms with Gasteiger partial charge < -0.3 is 10.1 Å². The smallest absolute Gasteiger partial charge is 0.252 e. The van der Waals surface area contributed by atoms with Gasteiger partial charge in [-0.05, 0) is 41.8 Å². The van der Waals surface area contributed by atoms with E-state index in [2.05, 4.69) is 5.32 Å². The van der Waals surface area contributed by atoms with Crippen molar-refractivity contribution in [2.75, 3.05) is 7.11 Å². The topological polar surface area (TPSA) is 38.3 Å². The van der Waals surface area contributed by atoms with E-state index in [-0.39, 0.29) is 11.9 Å². The average molecular weight is 331 g/mol. The lowest BCUT2D eigenvalue weighted by molar-refractivity contribution is 0.0940. The zero-order valence-electron chi connectivity index (χ0n) is 14.4. The molecule has 0 fully saturated rings. The fraction of sp³-hybridized carbons (Fsp3) is 0.136. The lowest BCUT2D eigenvalue weighted by Crippen LogP contribution is -2.27. The van der Waals surface area contributed by atoms with Gasteiger partial charge in [0.2, 0.25) is 0 Å². The third-order valence-corrected chi connectivity index (χ3v) is 4.20. The van der Waals surface area contributed by atoms with E-state index < -0.39 is 0 Å². The summed E-state index contributed by atoms with van der Waals surface area (Å²) in [6.07, 6.45) is 0. The van der Waals surface area contributed by atoms with Gasteiger partial charge in [-0.3, -0.25) is 4.79 Å². The minimum absolute atomic E-state index is 0.0882. The lowest BCUT2D eigenvalue weighted by Gasteiger charge is -2.17. The number of nitrogens with one attached hydrogen (secondary N) is 1. The number of rotatable bonds is 5. The van der Waals surface area contributed by atoms with Gasteiger partial charge in [0, 0.05) is 5.56 Å². The van der Waals surface area contributed by atoms with E-state index in [4.69, 9.17) is 4.74 Å². The minimum atomic E-state index is -0.119. The van der Waals surface area contributed by atoms with E-state index in [9.17, 15) is 4.79 Å². The number of ether oxygens (including phenoxy) is 1. The fourth-order valence-corrected chi connectivity index (χ4v) is 2.82. The molecule has 0 saturated heterocycles. The Kier molecular flexibility index (Phi) is 5.14. The molecule has 25 heavy (non-hydrogen) atoms. The van der Waals surface area contributed by atoms with Crippen LogP contribution >= 0.6 is 0 Å². The van der Waals surface area contributed by atoms with Crippen LogP contribution in [-0.2, 0) is 0 Å². The summed E-state index contributed by atoms with van der Waals surface area (Å²) in [7, 11) is 1.64. The van der Waals surface area contributed by atoms with Crippen molar-refractivity contribution in [1.29, 1.82) is 0 Å². The Bertz CT molecular complexity index is 859. The van der Waals surface area contributed by atoms with Crippen LogP contribution < -0.4 is 10.1 Å². The molecule has 3 nitrogen and oxygen atoms in total. The average Bonchev–Trinajstić information content (AvgIpc) is 2.68. The van der Waals surface area contributed by atoms with Gasteiger partial charge in [0.05, 0.1) is 13.2 Å². The van der Waals surface area contributed by atoms with Crippen molar-refractivity contribution in [1.82, 2.24) is 5.32 Å². The van der Waals surface area contributed by atoms with Crippen LogP contribution in [0, 0.1) is 0 Å². The fourth-order valence-electron chi connectivity index (χ4n) is 2.82. The van der Waals surface area contributed by atoms with Crippen LogP contribution in [-0.4, -0.2) is 13.0 Å². The number of carbonyl (C=O) groups excluding carboxylic acids is 1. The molecule has 0 radical (unpaired) electrons. The first kappa shape index (κ1) is 16.8. The Morgan fingerprint density at radius 1 is 0.920 bits per heavy atom. The SMILES string of the molecule is COc1cccc(C(C)NC(=O)c2ccccc2-c2ccccc2)c1. The van der Waals surface area contributed by atoms with Gasteiger partial charge in [-0.2, -0.15) is 0 Å². The van der Waals surface area contributed by atoms with Gasteiger partial charge in [-0.25, -0.2) is 0 Å². The number of benzene rings is 3. The maximum absolute atomic E-state index is 12.8. The Morgan fingerprint density at radius 2 is 1.64 bits per heavy atom. The summed E-state index contributed by atoms with van der Waals surface area (Å²) >= 11 is 0. The first-order valence-electron chi connectivity index (χ1n) is 8.28. The van der Waals surface area contributed by atoms with Gasteiger partial charge in [-0.1, -0.05) is 60.7 Å². The highest BCUT2D eigenvalue weighted by Gasteiger charge is 2.15. The molecule has 0 bridgehead atoms. The number of hydrogen-bond acceptors (Lipinski definition) is 2. The summed E-state index contributed by atoms with van der Waals surface area (Å²) in [6.45, 7) is 1.97. The van der Waals surface area contributed by atoms with E-state index in [1.165, 1.54) is 0 Å². The standard InChI is InChI=1S/C22H21NO2/c1-16(18-11-8-12-19(15-18)25-2)23-22(24)21-14-7-6-13-20(21)17-9-4-3-5-10-17/h3-16H,1-2H3,(H,23,24). The van der Waals surface area contributed by atoms with Crippen molar-refractivity contribution < 1.29 is 9.53 Å². The van der Waals surface area contributed by atoms with E-state index in [1.54, 1.807) is 7.11 Å². The van der Waals surface area contributed by atoms with E-state index in [0.29, 0.717) is 5.56 Å². The van der Waals surface area contributed by atoms with Crippen molar-refractivity contribution in [2.45, 2.75) is 13.0 Å². The third-order valence-electron chi connectivity index (χ3n) is 4.20. The number of methoxy groups -OCH3 is 1. The van der Waals surface area contributed by atoms with Gasteiger partial charge in [0.1, 0.15) is 5.75 Å². The second-order valence-corrected chi connectivity index (χ2v) is 5.88. The summed E-state index contributed by atoms with van der Waals surface area (Å²) in [5, 5.41) is 3.08. The molecule has 3 aromatic carbocycles. The van der Waals surface area contributed by atoms with Crippen molar-refractivity contribution in [2.24, 2.45) is 0 Å². The second kappa shape index (κ2) is 7.67. The van der Waals surface area contributed by atoms with E-state index >= 15 is 0 Å². The lowest BCUT2D eigenvalue weighted by atomic mass is 9.98. The number of hydrogen-bond donors (Lipinski definition) is 1. The predicted octanol–water partition coefficient (Wildman–Crippen LogP) is 4.85. The number of amides is 1. The quantitative estimate of drug-likeness (QED) is 0.725. The molecule has 3 aromatic rings. The highest BCUT2D eigenvalue weighted by atomic mass is 16.5. The molecule has 0 spiro atoms. The molecular formula is C22H21NO2. The summed E-state index contributed by atoms with van der Waals surface area (Å²) in [4.78, 5) is 12.8. The van der Waals surface area contributed by atoms with Crippen molar-refractivity contribution >= 4 is 5.91 Å². The maximum atomic E-state index is 12.8. The molecule has 0 aliphatic rings. The molecule has 1 N–H and O–H groups in total. The third kappa shape index (κ3) is 3.89. The van der Waals surface area contributed by atoms with Crippen LogP contribution in [0.2, 0.25) is 0 Å². The molecular weight excluding hydrogens is 310 g/mol. The summed E-state index contributed by atoms with van der Waals surface area (Å²) in [5.41, 5.74) is 3.63. The van der Waals surface area contributed by atoms with Crippen LogP contribution in [0.25, 0.3) is 11.1 Å². The van der Waals surface area contributed by atoms with Gasteiger partial charge in [0.15, 0.2) is 0 Å². The monoisotopic (exact) mass is 331 g/mol. The molecule has 0 heterocycles. The Balaban J connectivity index is 1.84. The molecule has 3 rings (SSSR count). The van der Waals surface area contributed by atoms with E-state index in [1.807, 2.05) is 85.8 Å². The largest absolute Gasteiger partial charge is 0.497 e. The van der Waals surface area contributed by atoms with Crippen LogP contribution in [0.4, 0.5) is 0 Å². The number of carbonyl (C=O) groups is 1. The predicted molar refractivity (Wildman–Crippen MR) is 101 cm³/mol. The highest BCUT2D eigenvalue weighted by molar-refractivity contribution is 6.01.